The van der Waals surface area contributed by atoms with E-state index in [1.165, 1.54) is 6.26 Å². The molecule has 1 aromatic carbocycles. The monoisotopic (exact) mass is 226 g/mol. The lowest BCUT2D eigenvalue weighted by Crippen LogP contribution is -2.12. The highest BCUT2D eigenvalue weighted by molar-refractivity contribution is 7.90. The average Bonchev–Trinajstić information content (AvgIpc) is 1.99. The topological polar surface area (TPSA) is 34.1 Å². The number of sulfone groups is 1. The zero-order valence-corrected chi connectivity index (χ0v) is 10.8. The molecule has 15 heavy (non-hydrogen) atoms. The van der Waals surface area contributed by atoms with Gasteiger partial charge < -0.3 is 0 Å². The van der Waals surface area contributed by atoms with Crippen molar-refractivity contribution in [3.8, 4) is 0 Å². The van der Waals surface area contributed by atoms with Gasteiger partial charge in [-0.3, -0.25) is 0 Å². The lowest BCUT2D eigenvalue weighted by Gasteiger charge is -2.20. The van der Waals surface area contributed by atoms with Crippen LogP contribution < -0.4 is 0 Å². The fourth-order valence-electron chi connectivity index (χ4n) is 1.53. The van der Waals surface area contributed by atoms with E-state index in [9.17, 15) is 8.42 Å². The first-order valence-corrected chi connectivity index (χ1v) is 6.83. The first kappa shape index (κ1) is 12.2. The van der Waals surface area contributed by atoms with Crippen LogP contribution in [-0.2, 0) is 15.3 Å². The summed E-state index contributed by atoms with van der Waals surface area (Å²) in [6.07, 6.45) is 1.24. The molecule has 2 nitrogen and oxygen atoms in total. The Kier molecular flexibility index (Phi) is 2.97. The Labute approximate surface area is 92.2 Å². The van der Waals surface area contributed by atoms with Crippen LogP contribution in [0.1, 0.15) is 31.9 Å². The predicted octanol–water partition coefficient (Wildman–Crippen LogP) is 2.70. The van der Waals surface area contributed by atoms with Crippen molar-refractivity contribution in [1.29, 1.82) is 0 Å². The predicted molar refractivity (Wildman–Crippen MR) is 63.0 cm³/mol. The second kappa shape index (κ2) is 3.63. The van der Waals surface area contributed by atoms with Crippen molar-refractivity contribution in [2.75, 3.05) is 6.26 Å². The van der Waals surface area contributed by atoms with Crippen molar-refractivity contribution < 1.29 is 8.42 Å². The summed E-state index contributed by atoms with van der Waals surface area (Å²) in [7, 11) is -3.10. The molecule has 0 aromatic heterocycles. The minimum atomic E-state index is -3.10. The summed E-state index contributed by atoms with van der Waals surface area (Å²) in [4.78, 5) is 0.426. The Morgan fingerprint density at radius 1 is 1.13 bits per heavy atom. The van der Waals surface area contributed by atoms with E-state index < -0.39 is 9.84 Å². The van der Waals surface area contributed by atoms with Crippen molar-refractivity contribution in [2.45, 2.75) is 38.0 Å². The summed E-state index contributed by atoms with van der Waals surface area (Å²) in [5, 5.41) is 0. The Morgan fingerprint density at radius 2 is 1.67 bits per heavy atom. The number of aryl methyl sites for hydroxylation is 1. The molecule has 0 amide bonds. The molecule has 0 radical (unpaired) electrons. The fourth-order valence-corrected chi connectivity index (χ4v) is 2.49. The fraction of sp³-hybridized carbons (Fsp3) is 0.500. The van der Waals surface area contributed by atoms with E-state index in [-0.39, 0.29) is 5.41 Å². The summed E-state index contributed by atoms with van der Waals surface area (Å²) >= 11 is 0. The number of hydrogen-bond acceptors (Lipinski definition) is 2. The van der Waals surface area contributed by atoms with Gasteiger partial charge in [0.15, 0.2) is 9.84 Å². The lowest BCUT2D eigenvalue weighted by molar-refractivity contribution is 0.586. The first-order chi connectivity index (χ1) is 6.62. The summed E-state index contributed by atoms with van der Waals surface area (Å²) in [5.74, 6) is 0. The van der Waals surface area contributed by atoms with Gasteiger partial charge in [-0.2, -0.15) is 0 Å². The third kappa shape index (κ3) is 2.81. The summed E-state index contributed by atoms with van der Waals surface area (Å²) in [5.41, 5.74) is 2.04. The van der Waals surface area contributed by atoms with Crippen LogP contribution in [0.2, 0.25) is 0 Å². The van der Waals surface area contributed by atoms with Gasteiger partial charge in [0.2, 0.25) is 0 Å². The molecule has 0 bridgehead atoms. The zero-order valence-electron chi connectivity index (χ0n) is 9.96. The minimum Gasteiger partial charge on any atom is -0.224 e. The van der Waals surface area contributed by atoms with Crippen LogP contribution in [0.5, 0.6) is 0 Å². The van der Waals surface area contributed by atoms with Crippen LogP contribution in [0.15, 0.2) is 23.1 Å². The molecule has 0 unspecified atom stereocenters. The number of benzene rings is 1. The quantitative estimate of drug-likeness (QED) is 0.738. The molecule has 0 aliphatic rings. The minimum absolute atomic E-state index is 0.0563. The van der Waals surface area contributed by atoms with Gasteiger partial charge in [0.1, 0.15) is 0 Å². The van der Waals surface area contributed by atoms with Crippen molar-refractivity contribution in [3.05, 3.63) is 29.3 Å². The molecule has 0 fully saturated rings. The second-order valence-electron chi connectivity index (χ2n) is 5.00. The van der Waals surface area contributed by atoms with Gasteiger partial charge in [-0.05, 0) is 29.5 Å². The van der Waals surface area contributed by atoms with Gasteiger partial charge in [0, 0.05) is 6.26 Å². The highest BCUT2D eigenvalue weighted by Crippen LogP contribution is 2.25. The molecule has 84 valence electrons. The van der Waals surface area contributed by atoms with Crippen molar-refractivity contribution in [1.82, 2.24) is 0 Å². The van der Waals surface area contributed by atoms with Gasteiger partial charge in [0.25, 0.3) is 0 Å². The van der Waals surface area contributed by atoms with Crippen molar-refractivity contribution in [2.24, 2.45) is 0 Å². The highest BCUT2D eigenvalue weighted by Gasteiger charge is 2.17. The maximum atomic E-state index is 11.4. The van der Waals surface area contributed by atoms with Gasteiger partial charge >= 0.3 is 0 Å². The molecule has 3 heteroatoms. The second-order valence-corrected chi connectivity index (χ2v) is 6.99. The number of hydrogen-bond donors (Lipinski definition) is 0. The van der Waals surface area contributed by atoms with E-state index >= 15 is 0 Å². The zero-order chi connectivity index (χ0) is 11.9. The molecule has 0 aliphatic heterocycles. The van der Waals surface area contributed by atoms with Gasteiger partial charge in [-0.15, -0.1) is 0 Å². The van der Waals surface area contributed by atoms with E-state index in [4.69, 9.17) is 0 Å². The normalized spacial score (nSPS) is 12.9. The van der Waals surface area contributed by atoms with E-state index in [1.807, 2.05) is 19.1 Å². The van der Waals surface area contributed by atoms with Crippen molar-refractivity contribution >= 4 is 9.84 Å². The summed E-state index contributed by atoms with van der Waals surface area (Å²) < 4.78 is 22.8. The molecular weight excluding hydrogens is 208 g/mol. The smallest absolute Gasteiger partial charge is 0.175 e. The summed E-state index contributed by atoms with van der Waals surface area (Å²) in [6, 6.07) is 5.55. The third-order valence-corrected chi connectivity index (χ3v) is 3.70. The Hall–Kier alpha value is -0.830. The van der Waals surface area contributed by atoms with Crippen LogP contribution in [0.4, 0.5) is 0 Å². The Balaban J connectivity index is 3.34. The Bertz CT molecular complexity index is 465. The van der Waals surface area contributed by atoms with Crippen molar-refractivity contribution in [3.63, 3.8) is 0 Å². The van der Waals surface area contributed by atoms with Crippen LogP contribution in [-0.4, -0.2) is 14.7 Å². The molecule has 1 aromatic rings. The molecule has 0 saturated carbocycles. The average molecular weight is 226 g/mol. The van der Waals surface area contributed by atoms with E-state index in [0.29, 0.717) is 4.90 Å². The lowest BCUT2D eigenvalue weighted by atomic mass is 9.86. The van der Waals surface area contributed by atoms with Gasteiger partial charge in [-0.1, -0.05) is 32.9 Å². The van der Waals surface area contributed by atoms with E-state index in [2.05, 4.69) is 20.8 Å². The molecule has 0 aliphatic carbocycles. The summed E-state index contributed by atoms with van der Waals surface area (Å²) in [6.45, 7) is 8.18. The molecule has 0 saturated heterocycles. The standard InChI is InChI=1S/C12H18O2S/c1-9-8-10(12(2,3)4)6-7-11(9)15(5,13)14/h6-8H,1-5H3. The number of rotatable bonds is 1. The molecule has 0 spiro atoms. The molecule has 0 N–H and O–H groups in total. The SMILES string of the molecule is Cc1cc(C(C)(C)C)ccc1S(C)(=O)=O. The molecule has 0 heterocycles. The molecule has 1 rings (SSSR count). The molecule has 0 atom stereocenters. The van der Waals surface area contributed by atoms with Crippen LogP contribution in [0.25, 0.3) is 0 Å². The van der Waals surface area contributed by atoms with Crippen LogP contribution >= 0.6 is 0 Å². The Morgan fingerprint density at radius 3 is 2.00 bits per heavy atom. The largest absolute Gasteiger partial charge is 0.224 e. The van der Waals surface area contributed by atoms with E-state index in [1.54, 1.807) is 6.07 Å². The van der Waals surface area contributed by atoms with Crippen LogP contribution in [0.3, 0.4) is 0 Å². The van der Waals surface area contributed by atoms with E-state index in [0.717, 1.165) is 11.1 Å². The highest BCUT2D eigenvalue weighted by atomic mass is 32.2. The first-order valence-electron chi connectivity index (χ1n) is 4.93. The maximum absolute atomic E-state index is 11.4. The molecular formula is C12H18O2S. The van der Waals surface area contributed by atoms with Crippen LogP contribution in [0, 0.1) is 6.92 Å². The third-order valence-electron chi connectivity index (χ3n) is 2.44. The van der Waals surface area contributed by atoms with Gasteiger partial charge in [-0.25, -0.2) is 8.42 Å². The maximum Gasteiger partial charge on any atom is 0.175 e. The van der Waals surface area contributed by atoms with Gasteiger partial charge in [0.05, 0.1) is 4.90 Å².